The van der Waals surface area contributed by atoms with Crippen molar-refractivity contribution in [3.8, 4) is 17.1 Å². The number of fused-ring (bicyclic) bond motifs is 1. The average molecular weight is 357 g/mol. The summed E-state index contributed by atoms with van der Waals surface area (Å²) in [4.78, 5) is 20.1. The van der Waals surface area contributed by atoms with Crippen LogP contribution in [0, 0.1) is 0 Å². The van der Waals surface area contributed by atoms with E-state index >= 15 is 0 Å². The van der Waals surface area contributed by atoms with Gasteiger partial charge in [-0.25, -0.2) is 4.98 Å². The third-order valence-corrected chi connectivity index (χ3v) is 4.15. The zero-order chi connectivity index (χ0) is 18.5. The molecule has 0 spiro atoms. The second-order valence-electron chi connectivity index (χ2n) is 6.14. The second-order valence-corrected chi connectivity index (χ2v) is 6.14. The van der Waals surface area contributed by atoms with E-state index in [0.29, 0.717) is 6.61 Å². The van der Waals surface area contributed by atoms with E-state index in [1.807, 2.05) is 78.9 Å². The van der Waals surface area contributed by atoms with E-state index in [4.69, 9.17) is 4.74 Å². The lowest BCUT2D eigenvalue weighted by Crippen LogP contribution is -2.15. The summed E-state index contributed by atoms with van der Waals surface area (Å²) in [5.41, 5.74) is 3.56. The third kappa shape index (κ3) is 4.15. The summed E-state index contributed by atoms with van der Waals surface area (Å²) in [6.45, 7) is 0.332. The molecule has 5 heteroatoms. The highest BCUT2D eigenvalue weighted by Crippen LogP contribution is 2.23. The first-order valence-electron chi connectivity index (χ1n) is 8.81. The van der Waals surface area contributed by atoms with Gasteiger partial charge >= 0.3 is 0 Å². The average Bonchev–Trinajstić information content (AvgIpc) is 3.13. The standard InChI is InChI=1S/C22H19N3O2/c26-21(13-14-27-18-9-2-1-3-10-18)23-17-8-6-7-16(15-17)22-24-19-11-4-5-12-20(19)25-22/h1-12,15H,13-14H2,(H,23,26)(H,24,25). The van der Waals surface area contributed by atoms with Gasteiger partial charge in [0.15, 0.2) is 0 Å². The minimum absolute atomic E-state index is 0.0901. The molecule has 0 fully saturated rings. The Kier molecular flexibility index (Phi) is 4.83. The lowest BCUT2D eigenvalue weighted by molar-refractivity contribution is -0.116. The smallest absolute Gasteiger partial charge is 0.227 e. The van der Waals surface area contributed by atoms with Gasteiger partial charge in [-0.15, -0.1) is 0 Å². The maximum atomic E-state index is 12.2. The fourth-order valence-electron chi connectivity index (χ4n) is 2.84. The van der Waals surface area contributed by atoms with E-state index in [-0.39, 0.29) is 12.3 Å². The highest BCUT2D eigenvalue weighted by Gasteiger charge is 2.07. The number of nitrogens with one attached hydrogen (secondary N) is 2. The molecule has 0 saturated carbocycles. The fraction of sp³-hybridized carbons (Fsp3) is 0.0909. The Morgan fingerprint density at radius 3 is 2.63 bits per heavy atom. The van der Waals surface area contributed by atoms with Crippen molar-refractivity contribution in [1.29, 1.82) is 0 Å². The zero-order valence-electron chi connectivity index (χ0n) is 14.7. The normalized spacial score (nSPS) is 10.7. The number of rotatable bonds is 6. The number of para-hydroxylation sites is 3. The molecule has 0 saturated heterocycles. The quantitative estimate of drug-likeness (QED) is 0.528. The van der Waals surface area contributed by atoms with Crippen LogP contribution < -0.4 is 10.1 Å². The Bertz CT molecular complexity index is 1020. The first kappa shape index (κ1) is 16.8. The number of carbonyl (C=O) groups excluding carboxylic acids is 1. The van der Waals surface area contributed by atoms with Crippen molar-refractivity contribution in [2.24, 2.45) is 0 Å². The van der Waals surface area contributed by atoms with Gasteiger partial charge in [0, 0.05) is 11.3 Å². The minimum Gasteiger partial charge on any atom is -0.493 e. The minimum atomic E-state index is -0.0901. The maximum Gasteiger partial charge on any atom is 0.227 e. The number of H-pyrrole nitrogens is 1. The summed E-state index contributed by atoms with van der Waals surface area (Å²) >= 11 is 0. The summed E-state index contributed by atoms with van der Waals surface area (Å²) in [6, 6.07) is 25.0. The third-order valence-electron chi connectivity index (χ3n) is 4.15. The van der Waals surface area contributed by atoms with Crippen molar-refractivity contribution in [2.75, 3.05) is 11.9 Å². The van der Waals surface area contributed by atoms with E-state index in [2.05, 4.69) is 15.3 Å². The van der Waals surface area contributed by atoms with Crippen LogP contribution in [0.3, 0.4) is 0 Å². The molecule has 0 bridgehead atoms. The molecule has 134 valence electrons. The van der Waals surface area contributed by atoms with Crippen molar-refractivity contribution in [3.05, 3.63) is 78.9 Å². The van der Waals surface area contributed by atoms with Crippen LogP contribution in [0.25, 0.3) is 22.4 Å². The highest BCUT2D eigenvalue weighted by molar-refractivity contribution is 5.91. The summed E-state index contributed by atoms with van der Waals surface area (Å²) < 4.78 is 5.57. The number of amides is 1. The maximum absolute atomic E-state index is 12.2. The van der Waals surface area contributed by atoms with Gasteiger partial charge in [0.2, 0.25) is 5.91 Å². The van der Waals surface area contributed by atoms with Crippen LogP contribution in [0.15, 0.2) is 78.9 Å². The number of carbonyl (C=O) groups is 1. The predicted octanol–water partition coefficient (Wildman–Crippen LogP) is 4.64. The molecule has 1 aromatic heterocycles. The molecular formula is C22H19N3O2. The summed E-state index contributed by atoms with van der Waals surface area (Å²) in [5.74, 6) is 1.45. The lowest BCUT2D eigenvalue weighted by atomic mass is 10.2. The molecule has 0 aliphatic heterocycles. The van der Waals surface area contributed by atoms with Gasteiger partial charge in [0.25, 0.3) is 0 Å². The second kappa shape index (κ2) is 7.74. The molecule has 0 radical (unpaired) electrons. The van der Waals surface area contributed by atoms with Gasteiger partial charge in [-0.05, 0) is 36.4 Å². The number of benzene rings is 3. The molecule has 1 heterocycles. The molecule has 4 aromatic rings. The van der Waals surface area contributed by atoms with Crippen molar-refractivity contribution in [3.63, 3.8) is 0 Å². The van der Waals surface area contributed by atoms with Crippen molar-refractivity contribution in [2.45, 2.75) is 6.42 Å². The van der Waals surface area contributed by atoms with Gasteiger partial charge in [0.05, 0.1) is 24.1 Å². The van der Waals surface area contributed by atoms with Crippen LogP contribution in [-0.4, -0.2) is 22.5 Å². The molecule has 0 unspecified atom stereocenters. The van der Waals surface area contributed by atoms with Crippen molar-refractivity contribution < 1.29 is 9.53 Å². The van der Waals surface area contributed by atoms with E-state index in [1.54, 1.807) is 0 Å². The van der Waals surface area contributed by atoms with Gasteiger partial charge in [-0.2, -0.15) is 0 Å². The SMILES string of the molecule is O=C(CCOc1ccccc1)Nc1cccc(-c2nc3ccccc3[nH]2)c1. The number of hydrogen-bond acceptors (Lipinski definition) is 3. The molecule has 2 N–H and O–H groups in total. The van der Waals surface area contributed by atoms with E-state index in [9.17, 15) is 4.79 Å². The Balaban J connectivity index is 1.39. The van der Waals surface area contributed by atoms with Crippen molar-refractivity contribution >= 4 is 22.6 Å². The zero-order valence-corrected chi connectivity index (χ0v) is 14.7. The van der Waals surface area contributed by atoms with E-state index in [0.717, 1.165) is 33.9 Å². The molecule has 4 rings (SSSR count). The number of aromatic nitrogens is 2. The van der Waals surface area contributed by atoms with Crippen LogP contribution in [0.4, 0.5) is 5.69 Å². The van der Waals surface area contributed by atoms with Gasteiger partial charge in [0.1, 0.15) is 11.6 Å². The number of hydrogen-bond donors (Lipinski definition) is 2. The number of ether oxygens (including phenoxy) is 1. The Hall–Kier alpha value is -3.60. The number of aromatic amines is 1. The van der Waals surface area contributed by atoms with Crippen LogP contribution >= 0.6 is 0 Å². The topological polar surface area (TPSA) is 67.0 Å². The number of imidazole rings is 1. The Morgan fingerprint density at radius 1 is 0.963 bits per heavy atom. The van der Waals surface area contributed by atoms with E-state index < -0.39 is 0 Å². The molecule has 0 atom stereocenters. The first-order chi connectivity index (χ1) is 13.3. The highest BCUT2D eigenvalue weighted by atomic mass is 16.5. The first-order valence-corrected chi connectivity index (χ1v) is 8.81. The van der Waals surface area contributed by atoms with Crippen LogP contribution in [0.2, 0.25) is 0 Å². The van der Waals surface area contributed by atoms with Gasteiger partial charge in [-0.1, -0.05) is 42.5 Å². The largest absolute Gasteiger partial charge is 0.493 e. The summed E-state index contributed by atoms with van der Waals surface area (Å²) in [5, 5.41) is 2.91. The molecule has 27 heavy (non-hydrogen) atoms. The lowest BCUT2D eigenvalue weighted by Gasteiger charge is -2.08. The molecule has 5 nitrogen and oxygen atoms in total. The van der Waals surface area contributed by atoms with Crippen LogP contribution in [0.1, 0.15) is 6.42 Å². The Labute approximate surface area is 157 Å². The number of nitrogens with zero attached hydrogens (tertiary/aromatic N) is 1. The van der Waals surface area contributed by atoms with Crippen LogP contribution in [-0.2, 0) is 4.79 Å². The van der Waals surface area contributed by atoms with Crippen molar-refractivity contribution in [1.82, 2.24) is 9.97 Å². The molecule has 3 aromatic carbocycles. The Morgan fingerprint density at radius 2 is 1.78 bits per heavy atom. The summed E-state index contributed by atoms with van der Waals surface area (Å²) in [7, 11) is 0. The molecule has 0 aliphatic rings. The van der Waals surface area contributed by atoms with Gasteiger partial charge < -0.3 is 15.0 Å². The molecule has 1 amide bonds. The predicted molar refractivity (Wildman–Crippen MR) is 107 cm³/mol. The fourth-order valence-corrected chi connectivity index (χ4v) is 2.84. The molecular weight excluding hydrogens is 338 g/mol. The van der Waals surface area contributed by atoms with Gasteiger partial charge in [-0.3, -0.25) is 4.79 Å². The van der Waals surface area contributed by atoms with E-state index in [1.165, 1.54) is 0 Å². The number of anilines is 1. The van der Waals surface area contributed by atoms with Crippen LogP contribution in [0.5, 0.6) is 5.75 Å². The monoisotopic (exact) mass is 357 g/mol. The summed E-state index contributed by atoms with van der Waals surface area (Å²) in [6.07, 6.45) is 0.282. The molecule has 0 aliphatic carbocycles.